The van der Waals surface area contributed by atoms with Crippen molar-refractivity contribution in [3.8, 4) is 0 Å². The molecule has 0 amide bonds. The fourth-order valence-corrected chi connectivity index (χ4v) is 1.65. The minimum absolute atomic E-state index is 0.340. The first kappa shape index (κ1) is 10.5. The van der Waals surface area contributed by atoms with Gasteiger partial charge in [-0.05, 0) is 18.9 Å². The third-order valence-corrected chi connectivity index (χ3v) is 2.00. The lowest BCUT2D eigenvalue weighted by atomic mass is 10.1. The fraction of sp³-hybridized carbons (Fsp3) is 0.300. The number of nitrogens with one attached hydrogen (secondary N) is 1. The van der Waals surface area contributed by atoms with Gasteiger partial charge in [0.05, 0.1) is 0 Å². The van der Waals surface area contributed by atoms with Crippen molar-refractivity contribution >= 4 is 29.2 Å². The smallest absolute Gasteiger partial charge is 0.130 e. The highest BCUT2D eigenvalue weighted by atomic mass is 32.1. The third kappa shape index (κ3) is 4.29. The van der Waals surface area contributed by atoms with Crippen LogP contribution in [0.3, 0.4) is 0 Å². The summed E-state index contributed by atoms with van der Waals surface area (Å²) in [6, 6.07) is 10.7. The van der Waals surface area contributed by atoms with E-state index in [0.717, 1.165) is 6.42 Å². The van der Waals surface area contributed by atoms with Gasteiger partial charge < -0.3 is 5.32 Å². The van der Waals surface area contributed by atoms with Crippen molar-refractivity contribution in [2.24, 2.45) is 0 Å². The largest absolute Gasteiger partial charge is 0.368 e. The predicted molar refractivity (Wildman–Crippen MR) is 64.3 cm³/mol. The molecule has 1 atom stereocenters. The molecule has 0 saturated heterocycles. The second kappa shape index (κ2) is 5.25. The van der Waals surface area contributed by atoms with Gasteiger partial charge in [0, 0.05) is 6.04 Å². The van der Waals surface area contributed by atoms with E-state index >= 15 is 0 Å². The standard InChI is InChI=1S/C10H13NS2/c1-8(11-10(12)13)7-9-5-3-2-4-6-9/h2-6,8H,7H2,1H3,(H2,11,12,13). The molecule has 0 aliphatic heterocycles. The Morgan fingerprint density at radius 3 is 2.62 bits per heavy atom. The first-order chi connectivity index (χ1) is 6.18. The summed E-state index contributed by atoms with van der Waals surface area (Å²) in [7, 11) is 0. The summed E-state index contributed by atoms with van der Waals surface area (Å²) in [6.45, 7) is 2.09. The van der Waals surface area contributed by atoms with E-state index in [1.807, 2.05) is 18.2 Å². The van der Waals surface area contributed by atoms with Crippen LogP contribution >= 0.6 is 24.8 Å². The van der Waals surface area contributed by atoms with Crippen LogP contribution in [0.15, 0.2) is 30.3 Å². The number of benzene rings is 1. The molecule has 1 nitrogen and oxygen atoms in total. The number of thiol groups is 1. The molecule has 70 valence electrons. The molecule has 0 aliphatic carbocycles. The van der Waals surface area contributed by atoms with Gasteiger partial charge in [0.1, 0.15) is 4.32 Å². The van der Waals surface area contributed by atoms with Gasteiger partial charge in [-0.2, -0.15) is 0 Å². The Hall–Kier alpha value is -0.540. The first-order valence-electron chi connectivity index (χ1n) is 4.22. The zero-order chi connectivity index (χ0) is 9.68. The molecule has 0 saturated carbocycles. The van der Waals surface area contributed by atoms with Crippen LogP contribution in [-0.2, 0) is 6.42 Å². The average Bonchev–Trinajstić information content (AvgIpc) is 2.04. The van der Waals surface area contributed by atoms with Crippen LogP contribution in [-0.4, -0.2) is 10.4 Å². The molecule has 0 aliphatic rings. The molecule has 1 aromatic rings. The average molecular weight is 211 g/mol. The van der Waals surface area contributed by atoms with Crippen molar-refractivity contribution in [3.05, 3.63) is 35.9 Å². The maximum Gasteiger partial charge on any atom is 0.130 e. The number of hydrogen-bond donors (Lipinski definition) is 2. The van der Waals surface area contributed by atoms with Gasteiger partial charge in [-0.15, -0.1) is 12.6 Å². The van der Waals surface area contributed by atoms with Crippen molar-refractivity contribution in [2.45, 2.75) is 19.4 Å². The van der Waals surface area contributed by atoms with Crippen LogP contribution in [0.4, 0.5) is 0 Å². The van der Waals surface area contributed by atoms with Gasteiger partial charge in [0.15, 0.2) is 0 Å². The maximum atomic E-state index is 4.84. The minimum atomic E-state index is 0.340. The summed E-state index contributed by atoms with van der Waals surface area (Å²) >= 11 is 8.87. The summed E-state index contributed by atoms with van der Waals surface area (Å²) in [5, 5.41) is 3.09. The lowest BCUT2D eigenvalue weighted by Gasteiger charge is -2.12. The molecule has 0 bridgehead atoms. The fourth-order valence-electron chi connectivity index (χ4n) is 1.23. The van der Waals surface area contributed by atoms with Gasteiger partial charge in [-0.25, -0.2) is 0 Å². The molecular formula is C10H13NS2. The SMILES string of the molecule is CC(Cc1ccccc1)NC(=S)S. The second-order valence-electron chi connectivity index (χ2n) is 3.04. The molecule has 1 N–H and O–H groups in total. The summed E-state index contributed by atoms with van der Waals surface area (Å²) < 4.78 is 0.559. The van der Waals surface area contributed by atoms with Crippen LogP contribution in [0.1, 0.15) is 12.5 Å². The van der Waals surface area contributed by atoms with Gasteiger partial charge in [0.2, 0.25) is 0 Å². The Kier molecular flexibility index (Phi) is 4.25. The zero-order valence-corrected chi connectivity index (χ0v) is 9.24. The van der Waals surface area contributed by atoms with E-state index in [2.05, 4.69) is 37.0 Å². The van der Waals surface area contributed by atoms with Crippen molar-refractivity contribution in [1.82, 2.24) is 5.32 Å². The van der Waals surface area contributed by atoms with E-state index in [4.69, 9.17) is 12.2 Å². The Morgan fingerprint density at radius 2 is 2.08 bits per heavy atom. The van der Waals surface area contributed by atoms with E-state index in [-0.39, 0.29) is 0 Å². The Morgan fingerprint density at radius 1 is 1.46 bits per heavy atom. The molecular weight excluding hydrogens is 198 g/mol. The van der Waals surface area contributed by atoms with Crippen LogP contribution in [0.25, 0.3) is 0 Å². The molecule has 0 heterocycles. The van der Waals surface area contributed by atoms with Gasteiger partial charge in [-0.1, -0.05) is 42.5 Å². The first-order valence-corrected chi connectivity index (χ1v) is 5.07. The molecule has 3 heteroatoms. The molecule has 0 fully saturated rings. The second-order valence-corrected chi connectivity index (χ2v) is 4.20. The van der Waals surface area contributed by atoms with Crippen LogP contribution in [0.2, 0.25) is 0 Å². The summed E-state index contributed by atoms with van der Waals surface area (Å²) in [4.78, 5) is 0. The molecule has 0 aromatic heterocycles. The van der Waals surface area contributed by atoms with Gasteiger partial charge in [-0.3, -0.25) is 0 Å². The Bertz CT molecular complexity index is 272. The summed E-state index contributed by atoms with van der Waals surface area (Å²) in [5.74, 6) is 0. The number of rotatable bonds is 3. The summed E-state index contributed by atoms with van der Waals surface area (Å²) in [6.07, 6.45) is 0.974. The molecule has 1 rings (SSSR count). The highest BCUT2D eigenvalue weighted by molar-refractivity contribution is 8.11. The number of hydrogen-bond acceptors (Lipinski definition) is 1. The predicted octanol–water partition coefficient (Wildman–Crippen LogP) is 2.42. The number of thiocarbonyl (C=S) groups is 1. The van der Waals surface area contributed by atoms with Crippen molar-refractivity contribution < 1.29 is 0 Å². The minimum Gasteiger partial charge on any atom is -0.368 e. The van der Waals surface area contributed by atoms with Crippen LogP contribution < -0.4 is 5.32 Å². The van der Waals surface area contributed by atoms with Crippen molar-refractivity contribution in [2.75, 3.05) is 0 Å². The topological polar surface area (TPSA) is 12.0 Å². The van der Waals surface area contributed by atoms with Gasteiger partial charge in [0.25, 0.3) is 0 Å². The molecule has 1 aromatic carbocycles. The molecule has 1 unspecified atom stereocenters. The van der Waals surface area contributed by atoms with Crippen LogP contribution in [0.5, 0.6) is 0 Å². The van der Waals surface area contributed by atoms with E-state index in [0.29, 0.717) is 10.4 Å². The Balaban J connectivity index is 2.45. The van der Waals surface area contributed by atoms with Crippen LogP contribution in [0, 0.1) is 0 Å². The highest BCUT2D eigenvalue weighted by Gasteiger charge is 2.02. The third-order valence-electron chi connectivity index (χ3n) is 1.75. The highest BCUT2D eigenvalue weighted by Crippen LogP contribution is 2.02. The van der Waals surface area contributed by atoms with E-state index in [1.54, 1.807) is 0 Å². The zero-order valence-electron chi connectivity index (χ0n) is 7.53. The molecule has 13 heavy (non-hydrogen) atoms. The van der Waals surface area contributed by atoms with E-state index in [9.17, 15) is 0 Å². The monoisotopic (exact) mass is 211 g/mol. The van der Waals surface area contributed by atoms with Crippen molar-refractivity contribution in [3.63, 3.8) is 0 Å². The lowest BCUT2D eigenvalue weighted by molar-refractivity contribution is 0.670. The molecule has 0 spiro atoms. The Labute approximate surface area is 90.0 Å². The quantitative estimate of drug-likeness (QED) is 0.588. The van der Waals surface area contributed by atoms with E-state index in [1.165, 1.54) is 5.56 Å². The normalized spacial score (nSPS) is 12.2. The molecule has 0 radical (unpaired) electrons. The van der Waals surface area contributed by atoms with E-state index < -0.39 is 0 Å². The summed E-state index contributed by atoms with van der Waals surface area (Å²) in [5.41, 5.74) is 1.31. The van der Waals surface area contributed by atoms with Crippen molar-refractivity contribution in [1.29, 1.82) is 0 Å². The van der Waals surface area contributed by atoms with Gasteiger partial charge >= 0.3 is 0 Å². The lowest BCUT2D eigenvalue weighted by Crippen LogP contribution is -2.29. The maximum absolute atomic E-state index is 4.84.